The minimum Gasteiger partial charge on any atom is -0.343 e. The highest BCUT2D eigenvalue weighted by molar-refractivity contribution is 5.94. The van der Waals surface area contributed by atoms with Crippen LogP contribution in [0.15, 0.2) is 54.7 Å². The summed E-state index contributed by atoms with van der Waals surface area (Å²) in [7, 11) is 4.32. The summed E-state index contributed by atoms with van der Waals surface area (Å²) in [5.74, 6) is 0.556. The molecular formula is C23H27N3O. The summed E-state index contributed by atoms with van der Waals surface area (Å²) in [6.07, 6.45) is 4.72. The van der Waals surface area contributed by atoms with Crippen LogP contribution in [-0.2, 0) is 11.3 Å². The maximum absolute atomic E-state index is 11.5. The average molecular weight is 361 g/mol. The topological polar surface area (TPSA) is 37.3 Å². The molecule has 1 aliphatic carbocycles. The van der Waals surface area contributed by atoms with Gasteiger partial charge in [0.2, 0.25) is 5.91 Å². The zero-order chi connectivity index (χ0) is 19.0. The molecule has 1 heterocycles. The molecule has 1 saturated carbocycles. The van der Waals surface area contributed by atoms with Crippen LogP contribution < -0.4 is 5.32 Å². The number of fused-ring (bicyclic) bond motifs is 1. The summed E-state index contributed by atoms with van der Waals surface area (Å²) in [4.78, 5) is 13.8. The highest BCUT2D eigenvalue weighted by Crippen LogP contribution is 2.43. The van der Waals surface area contributed by atoms with Crippen LogP contribution in [0.3, 0.4) is 0 Å². The highest BCUT2D eigenvalue weighted by atomic mass is 16.1. The van der Waals surface area contributed by atoms with Crippen LogP contribution in [0.1, 0.15) is 36.8 Å². The fraction of sp³-hybridized carbons (Fsp3) is 0.348. The Morgan fingerprint density at radius 3 is 2.56 bits per heavy atom. The number of hydrogen-bond acceptors (Lipinski definition) is 2. The standard InChI is InChI=1S/C23H27N3O/c1-16(27)24-19-9-10-23-21(13-19)22(18-11-20(12-18)25(2)3)15-26(23)14-17-7-5-4-6-8-17/h4-10,13,15,18,20H,11-12,14H2,1-3H3,(H,24,27)/t18-,20-. The molecule has 0 bridgehead atoms. The Labute approximate surface area is 160 Å². The first-order chi connectivity index (χ1) is 13.0. The molecule has 1 N–H and O–H groups in total. The molecule has 2 aromatic carbocycles. The maximum atomic E-state index is 11.5. The van der Waals surface area contributed by atoms with Gasteiger partial charge in [-0.05, 0) is 62.2 Å². The predicted molar refractivity (Wildman–Crippen MR) is 111 cm³/mol. The van der Waals surface area contributed by atoms with Crippen molar-refractivity contribution in [3.05, 3.63) is 65.9 Å². The van der Waals surface area contributed by atoms with E-state index < -0.39 is 0 Å². The molecule has 0 atom stereocenters. The van der Waals surface area contributed by atoms with E-state index in [1.165, 1.54) is 34.9 Å². The van der Waals surface area contributed by atoms with Crippen LogP contribution in [0.2, 0.25) is 0 Å². The quantitative estimate of drug-likeness (QED) is 0.729. The van der Waals surface area contributed by atoms with Gasteiger partial charge in [-0.3, -0.25) is 4.79 Å². The molecule has 4 heteroatoms. The van der Waals surface area contributed by atoms with Gasteiger partial charge in [-0.15, -0.1) is 0 Å². The number of nitrogens with one attached hydrogen (secondary N) is 1. The molecule has 27 heavy (non-hydrogen) atoms. The second kappa shape index (κ2) is 7.20. The Balaban J connectivity index is 1.72. The molecule has 4 nitrogen and oxygen atoms in total. The number of hydrogen-bond donors (Lipinski definition) is 1. The Morgan fingerprint density at radius 1 is 1.15 bits per heavy atom. The van der Waals surface area contributed by atoms with Crippen molar-refractivity contribution in [3.8, 4) is 0 Å². The normalized spacial score (nSPS) is 19.3. The van der Waals surface area contributed by atoms with Gasteiger partial charge in [-0.25, -0.2) is 0 Å². The zero-order valence-corrected chi connectivity index (χ0v) is 16.3. The molecule has 1 fully saturated rings. The number of aromatic nitrogens is 1. The Morgan fingerprint density at radius 2 is 1.89 bits per heavy atom. The predicted octanol–water partition coefficient (Wildman–Crippen LogP) is 4.46. The van der Waals surface area contributed by atoms with E-state index >= 15 is 0 Å². The van der Waals surface area contributed by atoms with Gasteiger partial charge in [-0.1, -0.05) is 30.3 Å². The molecular weight excluding hydrogens is 334 g/mol. The lowest BCUT2D eigenvalue weighted by molar-refractivity contribution is -0.114. The average Bonchev–Trinajstić information content (AvgIpc) is 2.91. The van der Waals surface area contributed by atoms with Gasteiger partial charge in [0.05, 0.1) is 0 Å². The van der Waals surface area contributed by atoms with Crippen molar-refractivity contribution in [2.75, 3.05) is 19.4 Å². The maximum Gasteiger partial charge on any atom is 0.221 e. The summed E-state index contributed by atoms with van der Waals surface area (Å²) < 4.78 is 2.35. The second-order valence-electron chi connectivity index (χ2n) is 7.90. The fourth-order valence-electron chi connectivity index (χ4n) is 4.11. The second-order valence-corrected chi connectivity index (χ2v) is 7.90. The molecule has 0 radical (unpaired) electrons. The number of benzene rings is 2. The molecule has 0 unspecified atom stereocenters. The van der Waals surface area contributed by atoms with Crippen molar-refractivity contribution in [2.45, 2.75) is 38.3 Å². The summed E-state index contributed by atoms with van der Waals surface area (Å²) in [6, 6.07) is 17.5. The van der Waals surface area contributed by atoms with E-state index in [0.29, 0.717) is 12.0 Å². The lowest BCUT2D eigenvalue weighted by atomic mass is 9.75. The van der Waals surface area contributed by atoms with Crippen molar-refractivity contribution in [1.29, 1.82) is 0 Å². The van der Waals surface area contributed by atoms with Crippen molar-refractivity contribution in [1.82, 2.24) is 9.47 Å². The van der Waals surface area contributed by atoms with Gasteiger partial charge >= 0.3 is 0 Å². The fourth-order valence-corrected chi connectivity index (χ4v) is 4.11. The van der Waals surface area contributed by atoms with Crippen molar-refractivity contribution in [3.63, 3.8) is 0 Å². The number of carbonyl (C=O) groups excluding carboxylic acids is 1. The van der Waals surface area contributed by atoms with E-state index in [4.69, 9.17) is 0 Å². The molecule has 1 amide bonds. The number of amides is 1. The summed E-state index contributed by atoms with van der Waals surface area (Å²) in [6.45, 7) is 2.42. The third-order valence-electron chi connectivity index (χ3n) is 5.71. The molecule has 1 aliphatic rings. The van der Waals surface area contributed by atoms with Crippen molar-refractivity contribution >= 4 is 22.5 Å². The summed E-state index contributed by atoms with van der Waals surface area (Å²) in [5, 5.41) is 4.19. The minimum absolute atomic E-state index is 0.0315. The van der Waals surface area contributed by atoms with Crippen LogP contribution in [0.4, 0.5) is 5.69 Å². The SMILES string of the molecule is CC(=O)Nc1ccc2c(c1)c([C@H]1C[C@H](N(C)C)C1)cn2Cc1ccccc1. The Bertz CT molecular complexity index is 952. The summed E-state index contributed by atoms with van der Waals surface area (Å²) in [5.41, 5.74) is 4.81. The monoisotopic (exact) mass is 361 g/mol. The van der Waals surface area contributed by atoms with E-state index in [-0.39, 0.29) is 5.91 Å². The van der Waals surface area contributed by atoms with Gasteiger partial charge in [-0.2, -0.15) is 0 Å². The van der Waals surface area contributed by atoms with E-state index in [0.717, 1.165) is 12.2 Å². The highest BCUT2D eigenvalue weighted by Gasteiger charge is 2.33. The Kier molecular flexibility index (Phi) is 4.75. The Hall–Kier alpha value is -2.59. The van der Waals surface area contributed by atoms with E-state index in [1.807, 2.05) is 6.07 Å². The molecule has 3 aromatic rings. The molecule has 0 aliphatic heterocycles. The van der Waals surface area contributed by atoms with E-state index in [2.05, 4.69) is 77.5 Å². The zero-order valence-electron chi connectivity index (χ0n) is 16.3. The van der Waals surface area contributed by atoms with E-state index in [9.17, 15) is 4.79 Å². The molecule has 0 spiro atoms. The first-order valence-electron chi connectivity index (χ1n) is 9.62. The van der Waals surface area contributed by atoms with Crippen molar-refractivity contribution < 1.29 is 4.79 Å². The number of anilines is 1. The van der Waals surface area contributed by atoms with Gasteiger partial charge in [0, 0.05) is 42.3 Å². The largest absolute Gasteiger partial charge is 0.343 e. The number of carbonyl (C=O) groups is 1. The van der Waals surface area contributed by atoms with E-state index in [1.54, 1.807) is 6.92 Å². The van der Waals surface area contributed by atoms with Crippen LogP contribution in [0.5, 0.6) is 0 Å². The lowest BCUT2D eigenvalue weighted by Gasteiger charge is -2.39. The third-order valence-corrected chi connectivity index (χ3v) is 5.71. The summed E-state index contributed by atoms with van der Waals surface area (Å²) >= 11 is 0. The smallest absolute Gasteiger partial charge is 0.221 e. The third kappa shape index (κ3) is 3.62. The van der Waals surface area contributed by atoms with Crippen LogP contribution >= 0.6 is 0 Å². The minimum atomic E-state index is -0.0315. The molecule has 0 saturated heterocycles. The molecule has 140 valence electrons. The van der Waals surface area contributed by atoms with Crippen LogP contribution in [0.25, 0.3) is 10.9 Å². The number of nitrogens with zero attached hydrogens (tertiary/aromatic N) is 2. The van der Waals surface area contributed by atoms with Gasteiger partial charge in [0.25, 0.3) is 0 Å². The molecule has 1 aromatic heterocycles. The first kappa shape index (κ1) is 17.8. The van der Waals surface area contributed by atoms with Crippen LogP contribution in [0, 0.1) is 0 Å². The molecule has 4 rings (SSSR count). The first-order valence-corrected chi connectivity index (χ1v) is 9.62. The van der Waals surface area contributed by atoms with Crippen LogP contribution in [-0.4, -0.2) is 35.5 Å². The number of rotatable bonds is 5. The van der Waals surface area contributed by atoms with Crippen molar-refractivity contribution in [2.24, 2.45) is 0 Å². The van der Waals surface area contributed by atoms with Gasteiger partial charge in [0.1, 0.15) is 0 Å². The van der Waals surface area contributed by atoms with Gasteiger partial charge in [0.15, 0.2) is 0 Å². The van der Waals surface area contributed by atoms with Gasteiger partial charge < -0.3 is 14.8 Å². The lowest BCUT2D eigenvalue weighted by Crippen LogP contribution is -2.39.